The lowest BCUT2D eigenvalue weighted by Gasteiger charge is -2.23. The molecular weight excluding hydrogens is 190 g/mol. The lowest BCUT2D eigenvalue weighted by molar-refractivity contribution is 0.267. The topological polar surface area (TPSA) is 55.5 Å². The Morgan fingerprint density at radius 3 is 3.08 bits per heavy atom. The van der Waals surface area contributed by atoms with E-state index in [1.807, 2.05) is 0 Å². The van der Waals surface area contributed by atoms with Crippen molar-refractivity contribution < 1.29 is 9.84 Å². The molecule has 13 heavy (non-hydrogen) atoms. The summed E-state index contributed by atoms with van der Waals surface area (Å²) in [6.07, 6.45) is 0.786. The highest BCUT2D eigenvalue weighted by molar-refractivity contribution is 6.32. The third kappa shape index (κ3) is 1.45. The number of ether oxygens (including phenoxy) is 1. The maximum atomic E-state index is 9.31. The Labute approximate surface area is 81.1 Å². The Bertz CT molecular complexity index is 341. The van der Waals surface area contributed by atoms with Crippen molar-refractivity contribution in [3.05, 3.63) is 22.7 Å². The number of nitrogens with two attached hydrogens (primary N) is 1. The zero-order chi connectivity index (χ0) is 9.42. The monoisotopic (exact) mass is 199 g/mol. The first kappa shape index (κ1) is 8.66. The van der Waals surface area contributed by atoms with Gasteiger partial charge in [0.15, 0.2) is 0 Å². The van der Waals surface area contributed by atoms with Gasteiger partial charge in [0.1, 0.15) is 11.5 Å². The summed E-state index contributed by atoms with van der Waals surface area (Å²) in [6, 6.07) is 3.13. The Kier molecular flexibility index (Phi) is 2.06. The smallest absolute Gasteiger partial charge is 0.137 e. The van der Waals surface area contributed by atoms with E-state index in [1.165, 1.54) is 6.07 Å². The lowest BCUT2D eigenvalue weighted by atomic mass is 10.0. The number of halogens is 1. The van der Waals surface area contributed by atoms with Gasteiger partial charge in [0.25, 0.3) is 0 Å². The zero-order valence-corrected chi connectivity index (χ0v) is 7.71. The summed E-state index contributed by atoms with van der Waals surface area (Å²) >= 11 is 5.75. The SMILES string of the molecule is NC1CCOc2cc(O)c(Cl)cc21. The van der Waals surface area contributed by atoms with Gasteiger partial charge in [-0.1, -0.05) is 11.6 Å². The third-order valence-electron chi connectivity index (χ3n) is 2.17. The average Bonchev–Trinajstić information content (AvgIpc) is 2.09. The van der Waals surface area contributed by atoms with Crippen LogP contribution in [-0.2, 0) is 0 Å². The molecule has 1 heterocycles. The van der Waals surface area contributed by atoms with E-state index >= 15 is 0 Å². The van der Waals surface area contributed by atoms with Crippen LogP contribution in [0.4, 0.5) is 0 Å². The molecule has 0 aromatic heterocycles. The molecule has 0 amide bonds. The van der Waals surface area contributed by atoms with Crippen LogP contribution in [0.15, 0.2) is 12.1 Å². The number of benzene rings is 1. The maximum Gasteiger partial charge on any atom is 0.137 e. The molecule has 0 saturated heterocycles. The molecule has 3 nitrogen and oxygen atoms in total. The Morgan fingerprint density at radius 2 is 2.31 bits per heavy atom. The standard InChI is InChI=1S/C9H10ClNO2/c10-6-3-5-7(11)1-2-13-9(5)4-8(6)12/h3-4,7,12H,1-2,11H2. The molecule has 4 heteroatoms. The highest BCUT2D eigenvalue weighted by Crippen LogP contribution is 2.37. The van der Waals surface area contributed by atoms with Crippen LogP contribution in [0.5, 0.6) is 11.5 Å². The summed E-state index contributed by atoms with van der Waals surface area (Å²) in [4.78, 5) is 0. The summed E-state index contributed by atoms with van der Waals surface area (Å²) in [6.45, 7) is 0.592. The van der Waals surface area contributed by atoms with Crippen LogP contribution < -0.4 is 10.5 Å². The molecule has 1 atom stereocenters. The lowest BCUT2D eigenvalue weighted by Crippen LogP contribution is -2.20. The molecule has 3 N–H and O–H groups in total. The zero-order valence-electron chi connectivity index (χ0n) is 6.96. The number of hydrogen-bond acceptors (Lipinski definition) is 3. The van der Waals surface area contributed by atoms with Crippen LogP contribution in [0.2, 0.25) is 5.02 Å². The van der Waals surface area contributed by atoms with Crippen LogP contribution in [0, 0.1) is 0 Å². The highest BCUT2D eigenvalue weighted by atomic mass is 35.5. The van der Waals surface area contributed by atoms with Gasteiger partial charge < -0.3 is 15.6 Å². The molecule has 1 aromatic carbocycles. The summed E-state index contributed by atoms with van der Waals surface area (Å²) in [5.41, 5.74) is 6.71. The van der Waals surface area contributed by atoms with E-state index in [1.54, 1.807) is 6.07 Å². The van der Waals surface area contributed by atoms with E-state index in [0.717, 1.165) is 12.0 Å². The second-order valence-corrected chi connectivity index (χ2v) is 3.49. The molecule has 1 aliphatic heterocycles. The Morgan fingerprint density at radius 1 is 1.54 bits per heavy atom. The quantitative estimate of drug-likeness (QED) is 0.670. The van der Waals surface area contributed by atoms with Gasteiger partial charge in [-0.05, 0) is 6.07 Å². The maximum absolute atomic E-state index is 9.31. The van der Waals surface area contributed by atoms with E-state index in [-0.39, 0.29) is 11.8 Å². The van der Waals surface area contributed by atoms with Crippen molar-refractivity contribution in [2.24, 2.45) is 5.73 Å². The molecule has 1 unspecified atom stereocenters. The Balaban J connectivity index is 2.52. The van der Waals surface area contributed by atoms with Gasteiger partial charge in [0.05, 0.1) is 11.6 Å². The minimum atomic E-state index is -0.0400. The van der Waals surface area contributed by atoms with Crippen molar-refractivity contribution >= 4 is 11.6 Å². The van der Waals surface area contributed by atoms with Gasteiger partial charge >= 0.3 is 0 Å². The minimum Gasteiger partial charge on any atom is -0.506 e. The summed E-state index contributed by atoms with van der Waals surface area (Å²) in [5.74, 6) is 0.676. The Hall–Kier alpha value is -0.930. The van der Waals surface area contributed by atoms with Gasteiger partial charge in [-0.15, -0.1) is 0 Å². The summed E-state index contributed by atoms with van der Waals surface area (Å²) < 4.78 is 5.33. The second kappa shape index (κ2) is 3.09. The normalized spacial score (nSPS) is 20.6. The molecule has 0 radical (unpaired) electrons. The minimum absolute atomic E-state index is 0.0366. The first-order valence-corrected chi connectivity index (χ1v) is 4.47. The summed E-state index contributed by atoms with van der Waals surface area (Å²) in [5, 5.41) is 9.63. The summed E-state index contributed by atoms with van der Waals surface area (Å²) in [7, 11) is 0. The predicted molar refractivity (Wildman–Crippen MR) is 50.2 cm³/mol. The highest BCUT2D eigenvalue weighted by Gasteiger charge is 2.19. The van der Waals surface area contributed by atoms with Crippen LogP contribution >= 0.6 is 11.6 Å². The van der Waals surface area contributed by atoms with Crippen LogP contribution in [0.25, 0.3) is 0 Å². The fourth-order valence-corrected chi connectivity index (χ4v) is 1.60. The van der Waals surface area contributed by atoms with Crippen molar-refractivity contribution in [1.82, 2.24) is 0 Å². The fraction of sp³-hybridized carbons (Fsp3) is 0.333. The number of hydrogen-bond donors (Lipinski definition) is 2. The second-order valence-electron chi connectivity index (χ2n) is 3.09. The van der Waals surface area contributed by atoms with Gasteiger partial charge in [0, 0.05) is 24.1 Å². The van der Waals surface area contributed by atoms with Gasteiger partial charge in [-0.25, -0.2) is 0 Å². The van der Waals surface area contributed by atoms with Crippen LogP contribution in [0.3, 0.4) is 0 Å². The van der Waals surface area contributed by atoms with Crippen molar-refractivity contribution in [3.63, 3.8) is 0 Å². The molecule has 1 aliphatic rings. The van der Waals surface area contributed by atoms with Crippen molar-refractivity contribution in [2.75, 3.05) is 6.61 Å². The molecule has 2 rings (SSSR count). The van der Waals surface area contributed by atoms with Gasteiger partial charge in [-0.2, -0.15) is 0 Å². The van der Waals surface area contributed by atoms with Gasteiger partial charge in [-0.3, -0.25) is 0 Å². The molecule has 0 spiro atoms. The molecule has 1 aromatic rings. The van der Waals surface area contributed by atoms with Gasteiger partial charge in [0.2, 0.25) is 0 Å². The first-order valence-electron chi connectivity index (χ1n) is 4.09. The molecule has 0 aliphatic carbocycles. The van der Waals surface area contributed by atoms with Crippen molar-refractivity contribution in [2.45, 2.75) is 12.5 Å². The average molecular weight is 200 g/mol. The van der Waals surface area contributed by atoms with E-state index in [0.29, 0.717) is 17.4 Å². The predicted octanol–water partition coefficient (Wildman–Crippen LogP) is 1.83. The molecule has 0 saturated carbocycles. The number of phenols is 1. The number of rotatable bonds is 0. The third-order valence-corrected chi connectivity index (χ3v) is 2.47. The van der Waals surface area contributed by atoms with Crippen molar-refractivity contribution in [3.8, 4) is 11.5 Å². The largest absolute Gasteiger partial charge is 0.506 e. The van der Waals surface area contributed by atoms with E-state index in [2.05, 4.69) is 0 Å². The number of phenolic OH excluding ortho intramolecular Hbond substituents is 1. The fourth-order valence-electron chi connectivity index (χ4n) is 1.42. The van der Waals surface area contributed by atoms with Crippen LogP contribution in [0.1, 0.15) is 18.0 Å². The number of aromatic hydroxyl groups is 1. The molecular formula is C9H10ClNO2. The van der Waals surface area contributed by atoms with E-state index in [4.69, 9.17) is 22.1 Å². The molecule has 0 fully saturated rings. The molecule has 0 bridgehead atoms. The van der Waals surface area contributed by atoms with Crippen LogP contribution in [-0.4, -0.2) is 11.7 Å². The van der Waals surface area contributed by atoms with E-state index in [9.17, 15) is 5.11 Å². The van der Waals surface area contributed by atoms with Crippen molar-refractivity contribution in [1.29, 1.82) is 0 Å². The first-order chi connectivity index (χ1) is 6.18. The number of fused-ring (bicyclic) bond motifs is 1. The molecule has 70 valence electrons. The van der Waals surface area contributed by atoms with E-state index < -0.39 is 0 Å².